The van der Waals surface area contributed by atoms with Crippen LogP contribution in [0.2, 0.25) is 0 Å². The van der Waals surface area contributed by atoms with E-state index < -0.39 is 22.8 Å². The van der Waals surface area contributed by atoms with Crippen molar-refractivity contribution >= 4 is 22.8 Å². The van der Waals surface area contributed by atoms with Crippen LogP contribution in [0.25, 0.3) is 0 Å². The molecule has 0 aliphatic rings. The van der Waals surface area contributed by atoms with E-state index in [1.165, 1.54) is 0 Å². The van der Waals surface area contributed by atoms with Gasteiger partial charge in [-0.05, 0) is 18.5 Å². The molecular weight excluding hydrogens is 457 g/mol. The SMILES string of the molecule is CCCP(=O)([O-])[O-].CCCP(=O)([O-])[O-].CCCP(=O)([O-])[O-].[Fe+3].[Fe+3]. The van der Waals surface area contributed by atoms with Gasteiger partial charge in [-0.15, -0.1) is 0 Å². The molecule has 0 saturated heterocycles. The van der Waals surface area contributed by atoms with Crippen LogP contribution in [0.1, 0.15) is 40.0 Å². The summed E-state index contributed by atoms with van der Waals surface area (Å²) in [5.41, 5.74) is 0. The van der Waals surface area contributed by atoms with Crippen molar-refractivity contribution in [3.63, 3.8) is 0 Å². The Balaban J connectivity index is -0.0000000675. The number of hydrogen-bond acceptors (Lipinski definition) is 9. The summed E-state index contributed by atoms with van der Waals surface area (Å²) < 4.78 is 29.1. The monoisotopic (exact) mass is 478 g/mol. The standard InChI is InChI=1S/3C3H9O3P.2Fe/c3*1-2-3-7(4,5)6;;/h3*2-3H2,1H3,(H2,4,5,6);;/q;;;2*+3/p-6. The Kier molecular flexibility index (Phi) is 28.3. The second-order valence-electron chi connectivity index (χ2n) is 4.00. The van der Waals surface area contributed by atoms with Crippen LogP contribution in [0.15, 0.2) is 0 Å². The van der Waals surface area contributed by atoms with Crippen molar-refractivity contribution in [3.8, 4) is 0 Å². The summed E-state index contributed by atoms with van der Waals surface area (Å²) in [6.45, 7) is 4.97. The van der Waals surface area contributed by atoms with E-state index in [2.05, 4.69) is 0 Å². The first-order valence-corrected chi connectivity index (χ1v) is 11.4. The number of hydrogen-bond donors (Lipinski definition) is 0. The molecule has 0 heterocycles. The van der Waals surface area contributed by atoms with Crippen molar-refractivity contribution in [3.05, 3.63) is 0 Å². The Morgan fingerprint density at radius 1 is 0.522 bits per heavy atom. The minimum absolute atomic E-state index is 0. The van der Waals surface area contributed by atoms with Crippen LogP contribution in [0.4, 0.5) is 0 Å². The van der Waals surface area contributed by atoms with E-state index in [0.717, 1.165) is 0 Å². The summed E-state index contributed by atoms with van der Waals surface area (Å²) >= 11 is 0. The minimum atomic E-state index is -4.17. The molecule has 0 atom stereocenters. The zero-order valence-electron chi connectivity index (χ0n) is 13.0. The molecule has 0 N–H and O–H groups in total. The van der Waals surface area contributed by atoms with Gasteiger partial charge in [0.1, 0.15) is 0 Å². The maximum Gasteiger partial charge on any atom is 3.00 e. The molecule has 0 amide bonds. The maximum absolute atomic E-state index is 9.70. The van der Waals surface area contributed by atoms with Gasteiger partial charge in [0, 0.05) is 0 Å². The van der Waals surface area contributed by atoms with Gasteiger partial charge in [0.25, 0.3) is 0 Å². The van der Waals surface area contributed by atoms with Gasteiger partial charge in [0.15, 0.2) is 0 Å². The van der Waals surface area contributed by atoms with Gasteiger partial charge < -0.3 is 43.1 Å². The normalized spacial score (nSPS) is 10.8. The molecule has 0 aromatic carbocycles. The van der Waals surface area contributed by atoms with Crippen molar-refractivity contribution in [2.24, 2.45) is 0 Å². The smallest absolute Gasteiger partial charge is 0.811 e. The second-order valence-corrected chi connectivity index (χ2v) is 9.01. The quantitative estimate of drug-likeness (QED) is 0.305. The molecule has 23 heavy (non-hydrogen) atoms. The van der Waals surface area contributed by atoms with Crippen LogP contribution in [0.3, 0.4) is 0 Å². The average Bonchev–Trinajstić information content (AvgIpc) is 2.12. The molecule has 9 nitrogen and oxygen atoms in total. The molecule has 0 aromatic heterocycles. The molecule has 0 rings (SSSR count). The molecule has 0 spiro atoms. The molecule has 0 saturated carbocycles. The molecule has 142 valence electrons. The molecular formula is C9H21Fe2O9P3. The summed E-state index contributed by atoms with van der Waals surface area (Å²) in [5, 5.41) is 0. The van der Waals surface area contributed by atoms with E-state index in [1.54, 1.807) is 20.8 Å². The Labute approximate surface area is 158 Å². The van der Waals surface area contributed by atoms with E-state index in [-0.39, 0.29) is 52.6 Å². The summed E-state index contributed by atoms with van der Waals surface area (Å²) in [4.78, 5) is 58.2. The zero-order chi connectivity index (χ0) is 17.7. The van der Waals surface area contributed by atoms with Gasteiger partial charge >= 0.3 is 34.1 Å². The van der Waals surface area contributed by atoms with Gasteiger partial charge in [-0.2, -0.15) is 0 Å². The molecule has 0 fully saturated rings. The summed E-state index contributed by atoms with van der Waals surface area (Å²) in [6, 6.07) is 0. The van der Waals surface area contributed by atoms with Gasteiger partial charge in [-0.25, -0.2) is 0 Å². The fraction of sp³-hybridized carbons (Fsp3) is 1.00. The van der Waals surface area contributed by atoms with Crippen molar-refractivity contribution in [1.82, 2.24) is 0 Å². The first kappa shape index (κ1) is 35.6. The van der Waals surface area contributed by atoms with Crippen LogP contribution in [0.5, 0.6) is 0 Å². The van der Waals surface area contributed by atoms with Gasteiger partial charge in [0.2, 0.25) is 0 Å². The van der Waals surface area contributed by atoms with Crippen LogP contribution < -0.4 is 29.4 Å². The number of rotatable bonds is 6. The van der Waals surface area contributed by atoms with Gasteiger partial charge in [0.05, 0.1) is 0 Å². The fourth-order valence-corrected chi connectivity index (χ4v) is 2.46. The molecule has 0 bridgehead atoms. The fourth-order valence-electron chi connectivity index (χ4n) is 0.822. The third kappa shape index (κ3) is 59.6. The van der Waals surface area contributed by atoms with E-state index in [9.17, 15) is 43.1 Å². The van der Waals surface area contributed by atoms with E-state index in [0.29, 0.717) is 19.3 Å². The third-order valence-corrected chi connectivity index (χ3v) is 4.48. The predicted octanol–water partition coefficient (Wildman–Crippen LogP) is -2.07. The largest absolute Gasteiger partial charge is 3.00 e. The summed E-state index contributed by atoms with van der Waals surface area (Å²) in [7, 11) is -12.5. The Hall–Kier alpha value is 1.49. The van der Waals surface area contributed by atoms with Gasteiger partial charge in [-0.1, -0.05) is 62.8 Å². The van der Waals surface area contributed by atoms with E-state index >= 15 is 0 Å². The molecule has 0 unspecified atom stereocenters. The Morgan fingerprint density at radius 2 is 0.652 bits per heavy atom. The van der Waals surface area contributed by atoms with Crippen molar-refractivity contribution < 1.29 is 77.2 Å². The average molecular weight is 478 g/mol. The first-order valence-electron chi connectivity index (χ1n) is 6.21. The van der Waals surface area contributed by atoms with Crippen LogP contribution in [-0.4, -0.2) is 18.5 Å². The zero-order valence-corrected chi connectivity index (χ0v) is 17.9. The first-order chi connectivity index (χ1) is 9.18. The van der Waals surface area contributed by atoms with Crippen LogP contribution in [0, 0.1) is 0 Å². The minimum Gasteiger partial charge on any atom is -0.811 e. The molecule has 14 heteroatoms. The predicted molar refractivity (Wildman–Crippen MR) is 68.3 cm³/mol. The summed E-state index contributed by atoms with van der Waals surface area (Å²) in [5.74, 6) is 0. The van der Waals surface area contributed by atoms with Gasteiger partial charge in [-0.3, -0.25) is 0 Å². The maximum atomic E-state index is 9.70. The summed E-state index contributed by atoms with van der Waals surface area (Å²) in [6.07, 6.45) is 0.617. The van der Waals surface area contributed by atoms with Crippen molar-refractivity contribution in [1.29, 1.82) is 0 Å². The van der Waals surface area contributed by atoms with Crippen molar-refractivity contribution in [2.45, 2.75) is 40.0 Å². The second kappa shape index (κ2) is 18.3. The Bertz CT molecular complexity index is 319. The van der Waals surface area contributed by atoms with Crippen molar-refractivity contribution in [2.75, 3.05) is 18.5 Å². The van der Waals surface area contributed by atoms with Crippen LogP contribution in [-0.2, 0) is 47.8 Å². The molecule has 0 aromatic rings. The van der Waals surface area contributed by atoms with E-state index in [4.69, 9.17) is 0 Å². The molecule has 0 aliphatic carbocycles. The topological polar surface area (TPSA) is 190 Å². The third-order valence-electron chi connectivity index (χ3n) is 1.49. The molecule has 2 radical (unpaired) electrons. The van der Waals surface area contributed by atoms with Crippen LogP contribution >= 0.6 is 22.8 Å². The van der Waals surface area contributed by atoms with E-state index in [1.807, 2.05) is 0 Å². The Morgan fingerprint density at radius 3 is 0.652 bits per heavy atom. The molecule has 0 aliphatic heterocycles.